The average Bonchev–Trinajstić information content (AvgIpc) is 2.72. The van der Waals surface area contributed by atoms with Crippen LogP contribution in [0.25, 0.3) is 0 Å². The van der Waals surface area contributed by atoms with Crippen LogP contribution in [0.4, 0.5) is 0 Å². The van der Waals surface area contributed by atoms with Crippen LogP contribution in [0.15, 0.2) is 30.3 Å². The van der Waals surface area contributed by atoms with E-state index >= 15 is 0 Å². The first-order valence-corrected chi connectivity index (χ1v) is 5.65. The molecule has 1 aromatic rings. The molecule has 0 unspecified atom stereocenters. The number of rotatable bonds is 4. The number of hydrogen-bond donors (Lipinski definition) is 0. The molecule has 16 heavy (non-hydrogen) atoms. The first-order chi connectivity index (χ1) is 7.83. The Morgan fingerprint density at radius 2 is 1.62 bits per heavy atom. The molecule has 3 heteroatoms. The Morgan fingerprint density at radius 1 is 1.06 bits per heavy atom. The summed E-state index contributed by atoms with van der Waals surface area (Å²) in [7, 11) is 3.51. The van der Waals surface area contributed by atoms with Crippen LogP contribution in [0.5, 0.6) is 0 Å². The highest BCUT2D eigenvalue weighted by molar-refractivity contribution is 5.14. The summed E-state index contributed by atoms with van der Waals surface area (Å²) >= 11 is 0. The quantitative estimate of drug-likeness (QED) is 0.769. The lowest BCUT2D eigenvalue weighted by Gasteiger charge is -2.14. The molecule has 0 aliphatic carbocycles. The van der Waals surface area contributed by atoms with Gasteiger partial charge in [0.2, 0.25) is 0 Å². The number of nitrogens with zero attached hydrogens (tertiary/aromatic N) is 1. The van der Waals surface area contributed by atoms with E-state index in [4.69, 9.17) is 9.47 Å². The van der Waals surface area contributed by atoms with E-state index in [0.29, 0.717) is 0 Å². The Kier molecular flexibility index (Phi) is 3.93. The topological polar surface area (TPSA) is 21.7 Å². The third kappa shape index (κ3) is 2.61. The van der Waals surface area contributed by atoms with Crippen LogP contribution in [-0.2, 0) is 16.0 Å². The van der Waals surface area contributed by atoms with Crippen LogP contribution in [-0.4, -0.2) is 44.4 Å². The third-order valence-electron chi connectivity index (χ3n) is 3.15. The SMILES string of the molecule is CO[C@H]1CN(Cc2ccccc2)C[C@@H]1OC. The van der Waals surface area contributed by atoms with Crippen LogP contribution in [0.3, 0.4) is 0 Å². The molecule has 0 aromatic heterocycles. The van der Waals surface area contributed by atoms with Gasteiger partial charge in [-0.15, -0.1) is 0 Å². The van der Waals surface area contributed by atoms with E-state index < -0.39 is 0 Å². The number of benzene rings is 1. The van der Waals surface area contributed by atoms with E-state index in [9.17, 15) is 0 Å². The van der Waals surface area contributed by atoms with Crippen LogP contribution in [0.1, 0.15) is 5.56 Å². The summed E-state index contributed by atoms with van der Waals surface area (Å²) in [5, 5.41) is 0. The van der Waals surface area contributed by atoms with Crippen LogP contribution < -0.4 is 0 Å². The molecule has 1 saturated heterocycles. The molecule has 0 amide bonds. The Bertz CT molecular complexity index is 303. The molecule has 1 aliphatic rings. The fourth-order valence-electron chi connectivity index (χ4n) is 2.24. The highest BCUT2D eigenvalue weighted by Crippen LogP contribution is 2.17. The summed E-state index contributed by atoms with van der Waals surface area (Å²) in [6.45, 7) is 2.87. The Labute approximate surface area is 97.0 Å². The third-order valence-corrected chi connectivity index (χ3v) is 3.15. The molecule has 0 saturated carbocycles. The van der Waals surface area contributed by atoms with E-state index in [1.165, 1.54) is 5.56 Å². The summed E-state index contributed by atoms with van der Waals surface area (Å²) in [5.74, 6) is 0. The minimum atomic E-state index is 0.203. The molecule has 2 atom stereocenters. The van der Waals surface area contributed by atoms with Gasteiger partial charge in [-0.3, -0.25) is 4.90 Å². The molecule has 1 fully saturated rings. The van der Waals surface area contributed by atoms with Gasteiger partial charge in [-0.25, -0.2) is 0 Å². The van der Waals surface area contributed by atoms with Crippen LogP contribution in [0, 0.1) is 0 Å². The van der Waals surface area contributed by atoms with Crippen molar-refractivity contribution in [2.45, 2.75) is 18.8 Å². The molecule has 0 bridgehead atoms. The number of likely N-dealkylation sites (tertiary alicyclic amines) is 1. The molecule has 0 N–H and O–H groups in total. The minimum Gasteiger partial charge on any atom is -0.377 e. The second kappa shape index (κ2) is 5.43. The molecule has 88 valence electrons. The van der Waals surface area contributed by atoms with Crippen molar-refractivity contribution in [1.29, 1.82) is 0 Å². The summed E-state index contributed by atoms with van der Waals surface area (Å²) < 4.78 is 10.8. The van der Waals surface area contributed by atoms with Crippen molar-refractivity contribution in [1.82, 2.24) is 4.90 Å². The fourth-order valence-corrected chi connectivity index (χ4v) is 2.24. The lowest BCUT2D eigenvalue weighted by molar-refractivity contribution is -0.00461. The first kappa shape index (κ1) is 11.6. The van der Waals surface area contributed by atoms with E-state index in [-0.39, 0.29) is 12.2 Å². The maximum absolute atomic E-state index is 5.42. The van der Waals surface area contributed by atoms with Crippen molar-refractivity contribution in [3.05, 3.63) is 35.9 Å². The maximum Gasteiger partial charge on any atom is 0.0971 e. The van der Waals surface area contributed by atoms with Gasteiger partial charge in [-0.1, -0.05) is 30.3 Å². The van der Waals surface area contributed by atoms with Gasteiger partial charge in [0, 0.05) is 33.9 Å². The molecular weight excluding hydrogens is 202 g/mol. The molecule has 0 spiro atoms. The van der Waals surface area contributed by atoms with Gasteiger partial charge < -0.3 is 9.47 Å². The van der Waals surface area contributed by atoms with Gasteiger partial charge in [-0.2, -0.15) is 0 Å². The van der Waals surface area contributed by atoms with E-state index in [2.05, 4.69) is 29.2 Å². The zero-order valence-electron chi connectivity index (χ0n) is 9.93. The predicted molar refractivity (Wildman–Crippen MR) is 63.3 cm³/mol. The molecule has 0 radical (unpaired) electrons. The van der Waals surface area contributed by atoms with E-state index in [1.54, 1.807) is 14.2 Å². The zero-order chi connectivity index (χ0) is 11.4. The van der Waals surface area contributed by atoms with E-state index in [1.807, 2.05) is 6.07 Å². The highest BCUT2D eigenvalue weighted by atomic mass is 16.5. The van der Waals surface area contributed by atoms with Crippen LogP contribution in [0.2, 0.25) is 0 Å². The smallest absolute Gasteiger partial charge is 0.0971 e. The predicted octanol–water partition coefficient (Wildman–Crippen LogP) is 1.53. The second-order valence-electron chi connectivity index (χ2n) is 4.23. The number of ether oxygens (including phenoxy) is 2. The van der Waals surface area contributed by atoms with Crippen molar-refractivity contribution in [2.24, 2.45) is 0 Å². The van der Waals surface area contributed by atoms with Crippen molar-refractivity contribution in [3.8, 4) is 0 Å². The van der Waals surface area contributed by atoms with Crippen molar-refractivity contribution in [3.63, 3.8) is 0 Å². The lowest BCUT2D eigenvalue weighted by Crippen LogP contribution is -2.27. The van der Waals surface area contributed by atoms with Crippen molar-refractivity contribution in [2.75, 3.05) is 27.3 Å². The average molecular weight is 221 g/mol. The summed E-state index contributed by atoms with van der Waals surface area (Å²) in [5.41, 5.74) is 1.34. The molecule has 2 rings (SSSR count). The van der Waals surface area contributed by atoms with Crippen molar-refractivity contribution >= 4 is 0 Å². The highest BCUT2D eigenvalue weighted by Gasteiger charge is 2.32. The zero-order valence-corrected chi connectivity index (χ0v) is 9.93. The normalized spacial score (nSPS) is 26.1. The number of methoxy groups -OCH3 is 2. The monoisotopic (exact) mass is 221 g/mol. The molecule has 1 aliphatic heterocycles. The molecule has 1 aromatic carbocycles. The molecule has 3 nitrogen and oxygen atoms in total. The molecule has 1 heterocycles. The first-order valence-electron chi connectivity index (χ1n) is 5.65. The summed E-state index contributed by atoms with van der Waals surface area (Å²) in [6.07, 6.45) is 0.405. The van der Waals surface area contributed by atoms with Gasteiger partial charge in [-0.05, 0) is 5.56 Å². The Morgan fingerprint density at radius 3 is 2.12 bits per heavy atom. The van der Waals surface area contributed by atoms with Gasteiger partial charge >= 0.3 is 0 Å². The Hall–Kier alpha value is -0.900. The van der Waals surface area contributed by atoms with Gasteiger partial charge in [0.25, 0.3) is 0 Å². The maximum atomic E-state index is 5.42. The second-order valence-corrected chi connectivity index (χ2v) is 4.23. The van der Waals surface area contributed by atoms with Gasteiger partial charge in [0.05, 0.1) is 12.2 Å². The minimum absolute atomic E-state index is 0.203. The molecular formula is C13H19NO2. The van der Waals surface area contributed by atoms with Gasteiger partial charge in [0.1, 0.15) is 0 Å². The fraction of sp³-hybridized carbons (Fsp3) is 0.538. The summed E-state index contributed by atoms with van der Waals surface area (Å²) in [6, 6.07) is 10.5. The van der Waals surface area contributed by atoms with E-state index in [0.717, 1.165) is 19.6 Å². The number of hydrogen-bond acceptors (Lipinski definition) is 3. The largest absolute Gasteiger partial charge is 0.377 e. The Balaban J connectivity index is 1.93. The standard InChI is InChI=1S/C13H19NO2/c1-15-12-9-14(10-13(12)16-2)8-11-6-4-3-5-7-11/h3-7,12-13H,8-10H2,1-2H3/t12-,13-/m0/s1. The lowest BCUT2D eigenvalue weighted by atomic mass is 10.2. The summed E-state index contributed by atoms with van der Waals surface area (Å²) in [4.78, 5) is 2.37. The van der Waals surface area contributed by atoms with Crippen molar-refractivity contribution < 1.29 is 9.47 Å². The van der Waals surface area contributed by atoms with Gasteiger partial charge in [0.15, 0.2) is 0 Å². The van der Waals surface area contributed by atoms with Crippen LogP contribution >= 0.6 is 0 Å².